The fourth-order valence-corrected chi connectivity index (χ4v) is 8.46. The van der Waals surface area contributed by atoms with Gasteiger partial charge >= 0.3 is 0 Å². The molecule has 2 heteroatoms. The largest absolute Gasteiger partial charge is 0.310 e. The van der Waals surface area contributed by atoms with Crippen LogP contribution in [0.5, 0.6) is 0 Å². The molecule has 0 N–H and O–H groups in total. The van der Waals surface area contributed by atoms with Crippen LogP contribution in [-0.2, 0) is 5.41 Å². The molecule has 0 amide bonds. The Kier molecular flexibility index (Phi) is 5.45. The molecule has 0 aliphatic heterocycles. The van der Waals surface area contributed by atoms with Crippen molar-refractivity contribution in [2.75, 3.05) is 4.90 Å². The Morgan fingerprint density at radius 1 is 0.404 bits per heavy atom. The molecule has 0 aromatic heterocycles. The van der Waals surface area contributed by atoms with Crippen LogP contribution in [0.1, 0.15) is 22.3 Å². The molecule has 1 spiro atoms. The van der Waals surface area contributed by atoms with Gasteiger partial charge in [0.15, 0.2) is 0 Å². The number of rotatable bonds is 3. The summed E-state index contributed by atoms with van der Waals surface area (Å²) in [6.07, 6.45) is 0. The minimum atomic E-state index is -0.523. The van der Waals surface area contributed by atoms with E-state index < -0.39 is 5.41 Å². The topological polar surface area (TPSA) is 3.24 Å². The van der Waals surface area contributed by atoms with E-state index in [0.717, 1.165) is 22.4 Å². The van der Waals surface area contributed by atoms with Crippen molar-refractivity contribution in [3.8, 4) is 22.3 Å². The molecule has 8 aromatic carbocycles. The maximum absolute atomic E-state index is 15.0. The van der Waals surface area contributed by atoms with Gasteiger partial charge in [0.1, 0.15) is 5.82 Å². The quantitative estimate of drug-likeness (QED) is 0.195. The first-order valence-electron chi connectivity index (χ1n) is 16.1. The predicted octanol–water partition coefficient (Wildman–Crippen LogP) is 11.9. The van der Waals surface area contributed by atoms with Gasteiger partial charge in [0.2, 0.25) is 0 Å². The van der Waals surface area contributed by atoms with E-state index in [-0.39, 0.29) is 5.82 Å². The van der Waals surface area contributed by atoms with Crippen molar-refractivity contribution in [1.82, 2.24) is 0 Å². The Morgan fingerprint density at radius 2 is 1.00 bits per heavy atom. The molecule has 0 heterocycles. The SMILES string of the molecule is Fc1cccc(N(c2ccccc2)c2cc3c(c4ccccc24)-c2cc4ccccc4cc2C32c3ccccc3-c3ccccc32)c1. The van der Waals surface area contributed by atoms with Crippen LogP contribution in [0.25, 0.3) is 43.8 Å². The molecular formula is C45H28FN. The summed E-state index contributed by atoms with van der Waals surface area (Å²) in [4.78, 5) is 2.21. The molecule has 2 aliphatic carbocycles. The maximum Gasteiger partial charge on any atom is 0.125 e. The van der Waals surface area contributed by atoms with E-state index in [2.05, 4.69) is 132 Å². The van der Waals surface area contributed by atoms with Gasteiger partial charge in [-0.25, -0.2) is 4.39 Å². The first-order chi connectivity index (χ1) is 23.2. The van der Waals surface area contributed by atoms with Gasteiger partial charge in [0, 0.05) is 16.8 Å². The average molecular weight is 602 g/mol. The number of halogens is 1. The molecule has 0 saturated carbocycles. The second-order valence-corrected chi connectivity index (χ2v) is 12.6. The number of benzene rings is 8. The number of para-hydroxylation sites is 1. The van der Waals surface area contributed by atoms with Crippen LogP contribution in [0, 0.1) is 5.82 Å². The minimum absolute atomic E-state index is 0.261. The molecule has 0 radical (unpaired) electrons. The van der Waals surface area contributed by atoms with Crippen LogP contribution < -0.4 is 4.90 Å². The molecule has 2 aliphatic rings. The summed E-state index contributed by atoms with van der Waals surface area (Å²) in [6.45, 7) is 0. The normalized spacial score (nSPS) is 13.4. The first-order valence-corrected chi connectivity index (χ1v) is 16.1. The highest BCUT2D eigenvalue weighted by atomic mass is 19.1. The summed E-state index contributed by atoms with van der Waals surface area (Å²) < 4.78 is 15.0. The highest BCUT2D eigenvalue weighted by Gasteiger charge is 2.52. The Morgan fingerprint density at radius 3 is 1.72 bits per heavy atom. The standard InChI is InChI=1S/C45H28FN/c46-31-15-12-18-33(27-31)47(32-16-2-1-3-17-32)43-28-42-44(37-22-7-6-21-36(37)43)38-25-29-13-4-5-14-30(29)26-41(38)45(42)39-23-10-8-19-34(39)35-20-9-11-24-40(35)45/h1-28H. The molecule has 0 unspecified atom stereocenters. The van der Waals surface area contributed by atoms with Crippen molar-refractivity contribution in [1.29, 1.82) is 0 Å². The lowest BCUT2D eigenvalue weighted by Gasteiger charge is -2.33. The van der Waals surface area contributed by atoms with E-state index in [1.165, 1.54) is 66.7 Å². The van der Waals surface area contributed by atoms with Gasteiger partial charge in [-0.2, -0.15) is 0 Å². The lowest BCUT2D eigenvalue weighted by atomic mass is 9.70. The van der Waals surface area contributed by atoms with Crippen LogP contribution in [0.4, 0.5) is 21.5 Å². The van der Waals surface area contributed by atoms with Gasteiger partial charge in [-0.05, 0) is 109 Å². The molecule has 0 fully saturated rings. The molecule has 47 heavy (non-hydrogen) atoms. The number of fused-ring (bicyclic) bond motifs is 13. The Labute approximate surface area is 272 Å². The smallest absolute Gasteiger partial charge is 0.125 e. The Bertz CT molecular complexity index is 2500. The zero-order valence-electron chi connectivity index (χ0n) is 25.5. The third-order valence-electron chi connectivity index (χ3n) is 10.3. The number of hydrogen-bond acceptors (Lipinski definition) is 1. The fraction of sp³-hybridized carbons (Fsp3) is 0.0222. The second kappa shape index (κ2) is 9.75. The van der Waals surface area contributed by atoms with Crippen molar-refractivity contribution in [3.63, 3.8) is 0 Å². The third-order valence-corrected chi connectivity index (χ3v) is 10.3. The highest BCUT2D eigenvalue weighted by Crippen LogP contribution is 2.65. The minimum Gasteiger partial charge on any atom is -0.310 e. The zero-order chi connectivity index (χ0) is 31.1. The van der Waals surface area contributed by atoms with Gasteiger partial charge in [0.25, 0.3) is 0 Å². The van der Waals surface area contributed by atoms with Crippen LogP contribution in [-0.4, -0.2) is 0 Å². The first kappa shape index (κ1) is 26.2. The monoisotopic (exact) mass is 601 g/mol. The van der Waals surface area contributed by atoms with Crippen LogP contribution in [0.3, 0.4) is 0 Å². The number of anilines is 3. The van der Waals surface area contributed by atoms with E-state index in [0.29, 0.717) is 0 Å². The zero-order valence-corrected chi connectivity index (χ0v) is 25.5. The summed E-state index contributed by atoms with van der Waals surface area (Å²) in [5, 5.41) is 4.77. The van der Waals surface area contributed by atoms with Gasteiger partial charge in [-0.1, -0.05) is 121 Å². The molecule has 0 saturated heterocycles. The van der Waals surface area contributed by atoms with Crippen LogP contribution >= 0.6 is 0 Å². The summed E-state index contributed by atoms with van der Waals surface area (Å²) >= 11 is 0. The van der Waals surface area contributed by atoms with E-state index in [4.69, 9.17) is 0 Å². The van der Waals surface area contributed by atoms with Gasteiger partial charge < -0.3 is 4.90 Å². The van der Waals surface area contributed by atoms with Crippen LogP contribution in [0.15, 0.2) is 170 Å². The molecule has 8 aromatic rings. The molecule has 10 rings (SSSR count). The number of hydrogen-bond donors (Lipinski definition) is 0. The molecule has 1 nitrogen and oxygen atoms in total. The van der Waals surface area contributed by atoms with Crippen molar-refractivity contribution in [2.24, 2.45) is 0 Å². The van der Waals surface area contributed by atoms with Gasteiger partial charge in [0.05, 0.1) is 11.1 Å². The van der Waals surface area contributed by atoms with Gasteiger partial charge in [-0.3, -0.25) is 0 Å². The lowest BCUT2D eigenvalue weighted by Crippen LogP contribution is -2.26. The van der Waals surface area contributed by atoms with E-state index in [1.807, 2.05) is 24.3 Å². The Hall–Kier alpha value is -5.99. The van der Waals surface area contributed by atoms with E-state index in [9.17, 15) is 4.39 Å². The van der Waals surface area contributed by atoms with E-state index in [1.54, 1.807) is 12.1 Å². The summed E-state index contributed by atoms with van der Waals surface area (Å²) in [7, 11) is 0. The summed E-state index contributed by atoms with van der Waals surface area (Å²) in [5.41, 5.74) is 12.5. The van der Waals surface area contributed by atoms with Crippen molar-refractivity contribution in [3.05, 3.63) is 198 Å². The summed E-state index contributed by atoms with van der Waals surface area (Å²) in [5.74, 6) is -0.261. The highest BCUT2D eigenvalue weighted by molar-refractivity contribution is 6.13. The predicted molar refractivity (Wildman–Crippen MR) is 192 cm³/mol. The fourth-order valence-electron chi connectivity index (χ4n) is 8.46. The van der Waals surface area contributed by atoms with Crippen molar-refractivity contribution >= 4 is 38.6 Å². The van der Waals surface area contributed by atoms with Crippen LogP contribution in [0.2, 0.25) is 0 Å². The molecular weight excluding hydrogens is 574 g/mol. The molecule has 220 valence electrons. The van der Waals surface area contributed by atoms with E-state index >= 15 is 0 Å². The summed E-state index contributed by atoms with van der Waals surface area (Å²) in [6, 6.07) is 59.7. The molecule has 0 atom stereocenters. The van der Waals surface area contributed by atoms with Crippen molar-refractivity contribution < 1.29 is 4.39 Å². The number of nitrogens with zero attached hydrogens (tertiary/aromatic N) is 1. The lowest BCUT2D eigenvalue weighted by molar-refractivity contribution is 0.628. The average Bonchev–Trinajstić information content (AvgIpc) is 3.58. The third kappa shape index (κ3) is 3.53. The molecule has 0 bridgehead atoms. The van der Waals surface area contributed by atoms with Gasteiger partial charge in [-0.15, -0.1) is 0 Å². The Balaban J connectivity index is 1.41. The second-order valence-electron chi connectivity index (χ2n) is 12.6. The van der Waals surface area contributed by atoms with Crippen molar-refractivity contribution in [2.45, 2.75) is 5.41 Å². The maximum atomic E-state index is 15.0.